The molecule has 1 saturated heterocycles. The molecule has 0 bridgehead atoms. The fourth-order valence-electron chi connectivity index (χ4n) is 5.25. The number of rotatable bonds is 1. The van der Waals surface area contributed by atoms with E-state index in [0.29, 0.717) is 5.92 Å². The minimum atomic E-state index is -0.334. The fraction of sp³-hybridized carbons (Fsp3) is 0.778. The Kier molecular flexibility index (Phi) is 3.34. The first-order valence-corrected chi connectivity index (χ1v) is 9.31. The summed E-state index contributed by atoms with van der Waals surface area (Å²) >= 11 is 0. The molecule has 2 fully saturated rings. The van der Waals surface area contributed by atoms with Crippen LogP contribution in [0.2, 0.25) is 0 Å². The van der Waals surface area contributed by atoms with Gasteiger partial charge in [0.05, 0.1) is 24.6 Å². The average Bonchev–Trinajstić information content (AvgIpc) is 3.28. The number of aromatic nitrogens is 2. The number of aliphatic imine (C=N–C) groups is 1. The van der Waals surface area contributed by atoms with Crippen molar-refractivity contribution in [3.8, 4) is 0 Å². The first-order valence-electron chi connectivity index (χ1n) is 9.31. The zero-order valence-electron chi connectivity index (χ0n) is 15.2. The topological polar surface area (TPSA) is 69.9 Å². The van der Waals surface area contributed by atoms with Crippen molar-refractivity contribution in [1.29, 1.82) is 0 Å². The maximum atomic E-state index is 5.99. The van der Waals surface area contributed by atoms with E-state index in [2.05, 4.69) is 17.4 Å². The maximum absolute atomic E-state index is 5.99. The van der Waals surface area contributed by atoms with Crippen molar-refractivity contribution in [3.05, 3.63) is 17.0 Å². The van der Waals surface area contributed by atoms with Crippen molar-refractivity contribution in [2.24, 2.45) is 18.0 Å². The molecule has 7 nitrogen and oxygen atoms in total. The first kappa shape index (κ1) is 15.8. The third-order valence-electron chi connectivity index (χ3n) is 6.64. The molecule has 0 amide bonds. The highest BCUT2D eigenvalue weighted by molar-refractivity contribution is 5.79. The molecule has 2 aliphatic heterocycles. The molecule has 2 unspecified atom stereocenters. The molecule has 3 heterocycles. The second-order valence-corrected chi connectivity index (χ2v) is 8.09. The summed E-state index contributed by atoms with van der Waals surface area (Å²) in [4.78, 5) is 10.2. The van der Waals surface area contributed by atoms with E-state index in [1.807, 2.05) is 18.7 Å². The Bertz CT molecular complexity index is 737. The van der Waals surface area contributed by atoms with Crippen molar-refractivity contribution < 1.29 is 14.3 Å². The van der Waals surface area contributed by atoms with E-state index < -0.39 is 0 Å². The zero-order valence-corrected chi connectivity index (χ0v) is 15.2. The molecule has 1 aromatic rings. The van der Waals surface area contributed by atoms with Crippen molar-refractivity contribution in [3.63, 3.8) is 0 Å². The molecule has 5 rings (SSSR count). The van der Waals surface area contributed by atoms with Gasteiger partial charge in [0.1, 0.15) is 5.84 Å². The Labute approximate surface area is 147 Å². The first-order chi connectivity index (χ1) is 12.0. The van der Waals surface area contributed by atoms with E-state index in [1.165, 1.54) is 11.3 Å². The van der Waals surface area contributed by atoms with E-state index in [0.717, 1.165) is 56.8 Å². The lowest BCUT2D eigenvalue weighted by Crippen LogP contribution is -2.49. The van der Waals surface area contributed by atoms with Gasteiger partial charge < -0.3 is 9.47 Å². The van der Waals surface area contributed by atoms with Crippen molar-refractivity contribution >= 4 is 5.84 Å². The van der Waals surface area contributed by atoms with Gasteiger partial charge in [-0.15, -0.1) is 0 Å². The van der Waals surface area contributed by atoms with Gasteiger partial charge in [-0.3, -0.25) is 10.2 Å². The van der Waals surface area contributed by atoms with E-state index in [-0.39, 0.29) is 17.4 Å². The van der Waals surface area contributed by atoms with Crippen molar-refractivity contribution in [2.45, 2.75) is 63.4 Å². The van der Waals surface area contributed by atoms with Gasteiger partial charge in [-0.1, -0.05) is 6.92 Å². The Morgan fingerprint density at radius 1 is 1.24 bits per heavy atom. The number of hydrogen-bond acceptors (Lipinski definition) is 6. The monoisotopic (exact) mass is 346 g/mol. The fourth-order valence-corrected chi connectivity index (χ4v) is 5.25. The Morgan fingerprint density at radius 3 is 2.76 bits per heavy atom. The molecule has 7 heteroatoms. The van der Waals surface area contributed by atoms with Crippen LogP contribution >= 0.6 is 0 Å². The Morgan fingerprint density at radius 2 is 2.04 bits per heavy atom. The maximum Gasteiger partial charge on any atom is 0.218 e. The van der Waals surface area contributed by atoms with Gasteiger partial charge in [-0.05, 0) is 32.1 Å². The molecule has 0 aromatic carbocycles. The number of fused-ring (bicyclic) bond motifs is 3. The molecule has 2 aliphatic carbocycles. The predicted octanol–water partition coefficient (Wildman–Crippen LogP) is 2.12. The lowest BCUT2D eigenvalue weighted by atomic mass is 9.59. The van der Waals surface area contributed by atoms with Gasteiger partial charge in [-0.2, -0.15) is 5.10 Å². The third kappa shape index (κ3) is 2.22. The number of hydroxylamine groups is 1. The molecule has 136 valence electrons. The highest BCUT2D eigenvalue weighted by atomic mass is 16.7. The summed E-state index contributed by atoms with van der Waals surface area (Å²) in [6.45, 7) is 5.75. The van der Waals surface area contributed by atoms with Crippen LogP contribution in [-0.4, -0.2) is 34.6 Å². The van der Waals surface area contributed by atoms with Crippen LogP contribution in [0.5, 0.6) is 0 Å². The van der Waals surface area contributed by atoms with Crippen LogP contribution in [0.1, 0.15) is 62.7 Å². The zero-order chi connectivity index (χ0) is 17.2. The molecular formula is C18H26N4O3. The minimum absolute atomic E-state index is 0.0783. The van der Waals surface area contributed by atoms with Crippen LogP contribution in [0.3, 0.4) is 0 Å². The molecule has 3 atom stereocenters. The number of nitrogens with one attached hydrogen (secondary N) is 1. The summed E-state index contributed by atoms with van der Waals surface area (Å²) in [5, 5.41) is 4.95. The lowest BCUT2D eigenvalue weighted by molar-refractivity contribution is -0.199. The average molecular weight is 346 g/mol. The molecule has 1 N–H and O–H groups in total. The summed E-state index contributed by atoms with van der Waals surface area (Å²) in [5.41, 5.74) is 6.60. The van der Waals surface area contributed by atoms with Gasteiger partial charge in [-0.25, -0.2) is 9.83 Å². The van der Waals surface area contributed by atoms with E-state index in [1.54, 1.807) is 0 Å². The number of ether oxygens (including phenoxy) is 2. The van der Waals surface area contributed by atoms with E-state index in [9.17, 15) is 0 Å². The van der Waals surface area contributed by atoms with Gasteiger partial charge in [0.2, 0.25) is 6.23 Å². The number of nitrogens with zero attached hydrogens (tertiary/aromatic N) is 3. The summed E-state index contributed by atoms with van der Waals surface area (Å²) in [6, 6.07) is 0. The van der Waals surface area contributed by atoms with E-state index >= 15 is 0 Å². The van der Waals surface area contributed by atoms with Gasteiger partial charge in [0.25, 0.3) is 0 Å². The van der Waals surface area contributed by atoms with Gasteiger partial charge in [0.15, 0.2) is 5.79 Å². The summed E-state index contributed by atoms with van der Waals surface area (Å²) in [6.07, 6.45) is 4.84. The standard InChI is InChI=1S/C18H26N4O3/c1-11-19-16(25-21-11)14-13-5-4-12-10-18(23-8-9-24-18)7-6-17(12,2)15(13)20-22(14)3/h12,16H,4-10H2,1-3H3,(H,19,21)/t12?,16?,17-/m0/s1. The Balaban J connectivity index is 1.51. The quantitative estimate of drug-likeness (QED) is 0.843. The second kappa shape index (κ2) is 5.28. The Hall–Kier alpha value is -1.44. The van der Waals surface area contributed by atoms with E-state index in [4.69, 9.17) is 19.4 Å². The number of amidine groups is 1. The molecule has 1 saturated carbocycles. The smallest absolute Gasteiger partial charge is 0.218 e. The van der Waals surface area contributed by atoms with Gasteiger partial charge >= 0.3 is 0 Å². The highest BCUT2D eigenvalue weighted by Crippen LogP contribution is 2.54. The van der Waals surface area contributed by atoms with Crippen LogP contribution < -0.4 is 5.48 Å². The molecule has 0 radical (unpaired) electrons. The largest absolute Gasteiger partial charge is 0.348 e. The molecule has 1 aromatic heterocycles. The normalized spacial score (nSPS) is 36.0. The van der Waals surface area contributed by atoms with Crippen LogP contribution in [0.15, 0.2) is 4.99 Å². The van der Waals surface area contributed by atoms with Crippen molar-refractivity contribution in [1.82, 2.24) is 15.3 Å². The highest BCUT2D eigenvalue weighted by Gasteiger charge is 2.54. The molecular weight excluding hydrogens is 320 g/mol. The van der Waals surface area contributed by atoms with Gasteiger partial charge in [0, 0.05) is 30.9 Å². The predicted molar refractivity (Wildman–Crippen MR) is 90.9 cm³/mol. The van der Waals surface area contributed by atoms with Crippen LogP contribution in [0.4, 0.5) is 0 Å². The lowest BCUT2D eigenvalue weighted by Gasteiger charge is -2.49. The third-order valence-corrected chi connectivity index (χ3v) is 6.64. The van der Waals surface area contributed by atoms with Crippen LogP contribution in [-0.2, 0) is 33.2 Å². The second-order valence-electron chi connectivity index (χ2n) is 8.09. The summed E-state index contributed by atoms with van der Waals surface area (Å²) in [7, 11) is 2.01. The SMILES string of the molecule is CC1=NC(c2c3c(nn2C)[C@@]2(C)CCC4(CC2CC3)OCCO4)ON1. The minimum Gasteiger partial charge on any atom is -0.348 e. The summed E-state index contributed by atoms with van der Waals surface area (Å²) in [5.74, 6) is 1.02. The number of aryl methyl sites for hydroxylation is 1. The molecule has 25 heavy (non-hydrogen) atoms. The van der Waals surface area contributed by atoms with Crippen LogP contribution in [0, 0.1) is 5.92 Å². The van der Waals surface area contributed by atoms with Crippen LogP contribution in [0.25, 0.3) is 0 Å². The van der Waals surface area contributed by atoms with Crippen molar-refractivity contribution in [2.75, 3.05) is 13.2 Å². The molecule has 4 aliphatic rings. The molecule has 1 spiro atoms. The summed E-state index contributed by atoms with van der Waals surface area (Å²) < 4.78 is 14.0. The number of hydrogen-bond donors (Lipinski definition) is 1.